The summed E-state index contributed by atoms with van der Waals surface area (Å²) in [5.74, 6) is 1.19. The van der Waals surface area contributed by atoms with E-state index in [9.17, 15) is 14.9 Å². The third kappa shape index (κ3) is 6.42. The molecule has 1 amide bonds. The molecular weight excluding hydrogens is 572 g/mol. The minimum atomic E-state index is -0.418. The topological polar surface area (TPSA) is 107 Å². The fourth-order valence-electron chi connectivity index (χ4n) is 6.46. The summed E-state index contributed by atoms with van der Waals surface area (Å²) in [6.07, 6.45) is 4.82. The van der Waals surface area contributed by atoms with Crippen molar-refractivity contribution in [2.75, 3.05) is 44.4 Å². The second-order valence-electron chi connectivity index (χ2n) is 11.3. The molecule has 1 saturated heterocycles. The molecule has 6 rings (SSSR count). The Kier molecular flexibility index (Phi) is 9.11. The number of amides is 1. The number of hydrazone groups is 1. The standard InChI is InChI=1S/C35H38N4O6/c1-3-44-28-13-8-24(9-14-28)22-26-6-5-7-30-33(26)36-38(34(30)25-10-15-29(16-11-25)45-4-2)35(40)27-12-17-31(32(23-27)39(41)42)37-18-20-43-21-19-37/h8-17,22-23,30,34H,3-7,18-21H2,1-2H3/b26-22+/t30-,34+/m0/s1. The summed E-state index contributed by atoms with van der Waals surface area (Å²) < 4.78 is 16.7. The van der Waals surface area contributed by atoms with Crippen LogP contribution in [-0.2, 0) is 4.74 Å². The third-order valence-electron chi connectivity index (χ3n) is 8.55. The van der Waals surface area contributed by atoms with Gasteiger partial charge in [0.15, 0.2) is 0 Å². The van der Waals surface area contributed by atoms with Crippen molar-refractivity contribution in [2.45, 2.75) is 39.2 Å². The number of carbonyl (C=O) groups is 1. The number of anilines is 1. The van der Waals surface area contributed by atoms with Gasteiger partial charge in [0.2, 0.25) is 0 Å². The van der Waals surface area contributed by atoms with Gasteiger partial charge in [-0.15, -0.1) is 0 Å². The molecule has 10 nitrogen and oxygen atoms in total. The van der Waals surface area contributed by atoms with Gasteiger partial charge in [-0.2, -0.15) is 5.10 Å². The van der Waals surface area contributed by atoms with Gasteiger partial charge in [-0.25, -0.2) is 5.01 Å². The maximum Gasteiger partial charge on any atom is 0.293 e. The van der Waals surface area contributed by atoms with Gasteiger partial charge in [-0.1, -0.05) is 24.3 Å². The Morgan fingerprint density at radius 2 is 1.67 bits per heavy atom. The van der Waals surface area contributed by atoms with Gasteiger partial charge in [0.1, 0.15) is 17.2 Å². The summed E-state index contributed by atoms with van der Waals surface area (Å²) >= 11 is 0. The van der Waals surface area contributed by atoms with Gasteiger partial charge in [0.25, 0.3) is 11.6 Å². The summed E-state index contributed by atoms with van der Waals surface area (Å²) in [7, 11) is 0. The smallest absolute Gasteiger partial charge is 0.293 e. The zero-order valence-corrected chi connectivity index (χ0v) is 25.7. The maximum atomic E-state index is 14.3. The number of ether oxygens (including phenoxy) is 3. The van der Waals surface area contributed by atoms with Crippen molar-refractivity contribution in [2.24, 2.45) is 11.0 Å². The molecule has 3 aromatic rings. The van der Waals surface area contributed by atoms with E-state index in [1.54, 1.807) is 17.1 Å². The van der Waals surface area contributed by atoms with E-state index in [1.807, 2.05) is 67.3 Å². The molecule has 0 bridgehead atoms. The molecule has 45 heavy (non-hydrogen) atoms. The van der Waals surface area contributed by atoms with Crippen molar-refractivity contribution < 1.29 is 23.9 Å². The van der Waals surface area contributed by atoms with Gasteiger partial charge >= 0.3 is 0 Å². The maximum absolute atomic E-state index is 14.3. The number of allylic oxidation sites excluding steroid dienone is 1. The van der Waals surface area contributed by atoms with Crippen molar-refractivity contribution in [3.05, 3.63) is 99.1 Å². The van der Waals surface area contributed by atoms with Crippen molar-refractivity contribution in [1.82, 2.24) is 5.01 Å². The first-order chi connectivity index (χ1) is 22.0. The van der Waals surface area contributed by atoms with E-state index in [4.69, 9.17) is 19.3 Å². The lowest BCUT2D eigenvalue weighted by Crippen LogP contribution is -2.36. The number of rotatable bonds is 9. The molecule has 2 aliphatic heterocycles. The second kappa shape index (κ2) is 13.5. The van der Waals surface area contributed by atoms with Crippen molar-refractivity contribution in [3.63, 3.8) is 0 Å². The minimum absolute atomic E-state index is 0.0165. The first-order valence-corrected chi connectivity index (χ1v) is 15.7. The van der Waals surface area contributed by atoms with E-state index in [-0.39, 0.29) is 29.1 Å². The van der Waals surface area contributed by atoms with Crippen LogP contribution >= 0.6 is 0 Å². The summed E-state index contributed by atoms with van der Waals surface area (Å²) in [5, 5.41) is 18.7. The Hall–Kier alpha value is -4.70. The van der Waals surface area contributed by atoms with E-state index in [2.05, 4.69) is 6.08 Å². The highest BCUT2D eigenvalue weighted by molar-refractivity contribution is 6.09. The highest BCUT2D eigenvalue weighted by Crippen LogP contribution is 2.45. The lowest BCUT2D eigenvalue weighted by Gasteiger charge is -2.30. The van der Waals surface area contributed by atoms with Gasteiger partial charge in [0, 0.05) is 30.6 Å². The van der Waals surface area contributed by atoms with Gasteiger partial charge in [-0.05, 0) is 92.3 Å². The largest absolute Gasteiger partial charge is 0.494 e. The summed E-state index contributed by atoms with van der Waals surface area (Å²) in [5.41, 5.74) is 4.59. The molecule has 0 radical (unpaired) electrons. The zero-order chi connectivity index (χ0) is 31.3. The van der Waals surface area contributed by atoms with Crippen LogP contribution < -0.4 is 14.4 Å². The number of carbonyl (C=O) groups excluding carboxylic acids is 1. The lowest BCUT2D eigenvalue weighted by molar-refractivity contribution is -0.384. The zero-order valence-electron chi connectivity index (χ0n) is 25.7. The average molecular weight is 611 g/mol. The van der Waals surface area contributed by atoms with Crippen molar-refractivity contribution in [3.8, 4) is 11.5 Å². The van der Waals surface area contributed by atoms with E-state index in [0.717, 1.165) is 53.2 Å². The van der Waals surface area contributed by atoms with Crippen LogP contribution in [0.3, 0.4) is 0 Å². The van der Waals surface area contributed by atoms with Crippen LogP contribution in [0.4, 0.5) is 11.4 Å². The SMILES string of the molecule is CCOc1ccc(/C=C2\CCC[C@H]3C2=NN(C(=O)c2ccc(N4CCOCC4)c([N+](=O)[O-])c2)[C@@H]3c2ccc(OCC)cc2)cc1. The molecule has 234 valence electrons. The molecule has 0 spiro atoms. The van der Waals surface area contributed by atoms with Crippen LogP contribution in [0.1, 0.15) is 60.6 Å². The number of nitro benzene ring substituents is 1. The molecule has 2 atom stereocenters. The van der Waals surface area contributed by atoms with Crippen LogP contribution in [0.15, 0.2) is 77.4 Å². The average Bonchev–Trinajstić information content (AvgIpc) is 3.47. The first-order valence-electron chi connectivity index (χ1n) is 15.7. The molecule has 3 aliphatic rings. The van der Waals surface area contributed by atoms with Crippen LogP contribution in [0.5, 0.6) is 11.5 Å². The Balaban J connectivity index is 1.38. The molecule has 10 heteroatoms. The number of benzene rings is 3. The predicted octanol–water partition coefficient (Wildman–Crippen LogP) is 6.67. The Morgan fingerprint density at radius 3 is 2.31 bits per heavy atom. The minimum Gasteiger partial charge on any atom is -0.494 e. The van der Waals surface area contributed by atoms with Crippen LogP contribution in [0, 0.1) is 16.0 Å². The molecular formula is C35H38N4O6. The monoisotopic (exact) mass is 610 g/mol. The number of nitrogens with zero attached hydrogens (tertiary/aromatic N) is 4. The normalized spacial score (nSPS) is 20.5. The van der Waals surface area contributed by atoms with Crippen molar-refractivity contribution >= 4 is 29.1 Å². The quantitative estimate of drug-likeness (QED) is 0.197. The Morgan fingerprint density at radius 1 is 1.00 bits per heavy atom. The number of fused-ring (bicyclic) bond motifs is 1. The highest BCUT2D eigenvalue weighted by atomic mass is 16.6. The van der Waals surface area contributed by atoms with Crippen LogP contribution in [0.25, 0.3) is 6.08 Å². The molecule has 1 aliphatic carbocycles. The predicted molar refractivity (Wildman–Crippen MR) is 173 cm³/mol. The molecule has 2 fully saturated rings. The number of hydrogen-bond donors (Lipinski definition) is 0. The molecule has 0 aromatic heterocycles. The molecule has 1 saturated carbocycles. The van der Waals surface area contributed by atoms with Gasteiger partial charge in [-0.3, -0.25) is 14.9 Å². The number of morpholine rings is 1. The highest BCUT2D eigenvalue weighted by Gasteiger charge is 2.44. The van der Waals surface area contributed by atoms with E-state index >= 15 is 0 Å². The fraction of sp³-hybridized carbons (Fsp3) is 0.371. The van der Waals surface area contributed by atoms with Crippen LogP contribution in [0.2, 0.25) is 0 Å². The first kappa shape index (κ1) is 30.3. The summed E-state index contributed by atoms with van der Waals surface area (Å²) in [4.78, 5) is 28.0. The Bertz CT molecular complexity index is 1600. The molecule has 3 aromatic carbocycles. The fourth-order valence-corrected chi connectivity index (χ4v) is 6.46. The van der Waals surface area contributed by atoms with E-state index in [1.165, 1.54) is 6.07 Å². The molecule has 2 heterocycles. The number of hydrogen-bond acceptors (Lipinski definition) is 8. The second-order valence-corrected chi connectivity index (χ2v) is 11.3. The third-order valence-corrected chi connectivity index (χ3v) is 8.55. The van der Waals surface area contributed by atoms with E-state index in [0.29, 0.717) is 45.2 Å². The Labute approximate surface area is 263 Å². The van der Waals surface area contributed by atoms with Crippen LogP contribution in [-0.4, -0.2) is 61.1 Å². The van der Waals surface area contributed by atoms with Gasteiger partial charge < -0.3 is 19.1 Å². The van der Waals surface area contributed by atoms with Gasteiger partial charge in [0.05, 0.1) is 43.1 Å². The summed E-state index contributed by atoms with van der Waals surface area (Å²) in [6, 6.07) is 20.2. The lowest BCUT2D eigenvalue weighted by atomic mass is 9.77. The van der Waals surface area contributed by atoms with E-state index < -0.39 is 4.92 Å². The summed E-state index contributed by atoms with van der Waals surface area (Å²) in [6.45, 7) is 7.17. The molecule has 0 unspecified atom stereocenters. The molecule has 0 N–H and O–H groups in total. The van der Waals surface area contributed by atoms with Crippen molar-refractivity contribution in [1.29, 1.82) is 0 Å². The number of nitro groups is 1.